The van der Waals surface area contributed by atoms with Crippen LogP contribution >= 0.6 is 0 Å². The fourth-order valence-electron chi connectivity index (χ4n) is 1.63. The van der Waals surface area contributed by atoms with Gasteiger partial charge in [0.1, 0.15) is 5.41 Å². The molecule has 0 saturated heterocycles. The van der Waals surface area contributed by atoms with Crippen LogP contribution in [0.4, 0.5) is 0 Å². The molecule has 1 aromatic heterocycles. The predicted molar refractivity (Wildman–Crippen MR) is 72.8 cm³/mol. The number of rotatable bonds is 6. The lowest BCUT2D eigenvalue weighted by atomic mass is 9.85. The SMILES string of the molecule is CCC(C)(C(=O)NCCc1cccnc1)/C(N)=N/O. The number of carbonyl (C=O) groups is 1. The Balaban J connectivity index is 2.55. The van der Waals surface area contributed by atoms with E-state index in [1.807, 2.05) is 19.1 Å². The highest BCUT2D eigenvalue weighted by Gasteiger charge is 2.35. The Morgan fingerprint density at radius 1 is 1.63 bits per heavy atom. The van der Waals surface area contributed by atoms with Gasteiger partial charge >= 0.3 is 0 Å². The van der Waals surface area contributed by atoms with Gasteiger partial charge in [0.25, 0.3) is 0 Å². The largest absolute Gasteiger partial charge is 0.409 e. The Labute approximate surface area is 112 Å². The molecule has 1 unspecified atom stereocenters. The molecule has 1 rings (SSSR count). The van der Waals surface area contributed by atoms with E-state index in [-0.39, 0.29) is 11.7 Å². The van der Waals surface area contributed by atoms with Crippen molar-refractivity contribution in [3.8, 4) is 0 Å². The number of nitrogens with one attached hydrogen (secondary N) is 1. The van der Waals surface area contributed by atoms with Gasteiger partial charge in [-0.05, 0) is 31.4 Å². The number of nitrogens with zero attached hydrogens (tertiary/aromatic N) is 2. The van der Waals surface area contributed by atoms with E-state index in [1.54, 1.807) is 19.3 Å². The molecule has 1 atom stereocenters. The summed E-state index contributed by atoms with van der Waals surface area (Å²) in [6.45, 7) is 3.96. The van der Waals surface area contributed by atoms with Crippen LogP contribution in [0.5, 0.6) is 0 Å². The van der Waals surface area contributed by atoms with Gasteiger partial charge in [0, 0.05) is 18.9 Å². The summed E-state index contributed by atoms with van der Waals surface area (Å²) in [5.74, 6) is -0.317. The zero-order valence-corrected chi connectivity index (χ0v) is 11.3. The molecule has 0 aliphatic heterocycles. The number of aromatic nitrogens is 1. The van der Waals surface area contributed by atoms with Crippen molar-refractivity contribution in [2.24, 2.45) is 16.3 Å². The standard InChI is InChI=1S/C13H20N4O2/c1-3-13(2,11(14)17-19)12(18)16-8-6-10-5-4-7-15-9-10/h4-5,7,9,19H,3,6,8H2,1-2H3,(H2,14,17)(H,16,18). The lowest BCUT2D eigenvalue weighted by Gasteiger charge is -2.25. The van der Waals surface area contributed by atoms with E-state index >= 15 is 0 Å². The fourth-order valence-corrected chi connectivity index (χ4v) is 1.63. The van der Waals surface area contributed by atoms with E-state index in [4.69, 9.17) is 10.9 Å². The van der Waals surface area contributed by atoms with E-state index in [1.165, 1.54) is 0 Å². The van der Waals surface area contributed by atoms with Crippen LogP contribution in [-0.4, -0.2) is 28.5 Å². The first-order chi connectivity index (χ1) is 9.04. The average Bonchev–Trinajstić information content (AvgIpc) is 2.46. The molecule has 6 nitrogen and oxygen atoms in total. The zero-order valence-electron chi connectivity index (χ0n) is 11.3. The molecule has 1 heterocycles. The molecular weight excluding hydrogens is 244 g/mol. The number of nitrogens with two attached hydrogens (primary N) is 1. The maximum atomic E-state index is 12.1. The van der Waals surface area contributed by atoms with Gasteiger partial charge in [-0.25, -0.2) is 0 Å². The smallest absolute Gasteiger partial charge is 0.233 e. The number of hydrogen-bond donors (Lipinski definition) is 3. The van der Waals surface area contributed by atoms with Gasteiger partial charge in [-0.2, -0.15) is 0 Å². The highest BCUT2D eigenvalue weighted by Crippen LogP contribution is 2.21. The summed E-state index contributed by atoms with van der Waals surface area (Å²) >= 11 is 0. The molecule has 0 radical (unpaired) electrons. The molecular formula is C13H20N4O2. The first kappa shape index (κ1) is 14.9. The van der Waals surface area contributed by atoms with Gasteiger partial charge in [0.05, 0.1) is 0 Å². The summed E-state index contributed by atoms with van der Waals surface area (Å²) in [7, 11) is 0. The number of carbonyl (C=O) groups excluding carboxylic acids is 1. The van der Waals surface area contributed by atoms with Crippen LogP contribution in [-0.2, 0) is 11.2 Å². The molecule has 4 N–H and O–H groups in total. The molecule has 0 aromatic carbocycles. The van der Waals surface area contributed by atoms with Gasteiger partial charge in [-0.1, -0.05) is 18.1 Å². The number of pyridine rings is 1. The Kier molecular flexibility index (Phi) is 5.29. The first-order valence-corrected chi connectivity index (χ1v) is 6.19. The molecule has 0 aliphatic carbocycles. The normalized spacial score (nSPS) is 14.7. The maximum absolute atomic E-state index is 12.1. The summed E-state index contributed by atoms with van der Waals surface area (Å²) in [5, 5.41) is 14.5. The van der Waals surface area contributed by atoms with Crippen LogP contribution in [0.3, 0.4) is 0 Å². The molecule has 0 saturated carbocycles. The fraction of sp³-hybridized carbons (Fsp3) is 0.462. The van der Waals surface area contributed by atoms with E-state index in [0.29, 0.717) is 19.4 Å². The van der Waals surface area contributed by atoms with E-state index < -0.39 is 5.41 Å². The van der Waals surface area contributed by atoms with E-state index in [9.17, 15) is 4.79 Å². The molecule has 1 aromatic rings. The molecule has 19 heavy (non-hydrogen) atoms. The van der Waals surface area contributed by atoms with E-state index in [0.717, 1.165) is 5.56 Å². The molecule has 1 amide bonds. The van der Waals surface area contributed by atoms with Crippen molar-refractivity contribution in [2.75, 3.05) is 6.54 Å². The molecule has 6 heteroatoms. The second-order valence-electron chi connectivity index (χ2n) is 4.54. The van der Waals surface area contributed by atoms with Crippen molar-refractivity contribution in [3.63, 3.8) is 0 Å². The van der Waals surface area contributed by atoms with Crippen molar-refractivity contribution in [3.05, 3.63) is 30.1 Å². The van der Waals surface area contributed by atoms with Crippen molar-refractivity contribution in [2.45, 2.75) is 26.7 Å². The molecule has 0 bridgehead atoms. The minimum atomic E-state index is -0.982. The molecule has 0 aliphatic rings. The highest BCUT2D eigenvalue weighted by atomic mass is 16.4. The predicted octanol–water partition coefficient (Wildman–Crippen LogP) is 0.903. The minimum Gasteiger partial charge on any atom is -0.409 e. The van der Waals surface area contributed by atoms with Gasteiger partial charge in [0.2, 0.25) is 5.91 Å². The molecule has 0 spiro atoms. The summed E-state index contributed by atoms with van der Waals surface area (Å²) in [6.07, 6.45) is 4.61. The number of oxime groups is 1. The van der Waals surface area contributed by atoms with Crippen molar-refractivity contribution in [1.29, 1.82) is 0 Å². The molecule has 0 fully saturated rings. The van der Waals surface area contributed by atoms with Crippen LogP contribution in [0.1, 0.15) is 25.8 Å². The Hall–Kier alpha value is -2.11. The van der Waals surface area contributed by atoms with Crippen molar-refractivity contribution >= 4 is 11.7 Å². The minimum absolute atomic E-state index is 0.0751. The Morgan fingerprint density at radius 3 is 2.89 bits per heavy atom. The van der Waals surface area contributed by atoms with Gasteiger partial charge in [-0.3, -0.25) is 9.78 Å². The Bertz CT molecular complexity index is 447. The highest BCUT2D eigenvalue weighted by molar-refractivity contribution is 6.06. The van der Waals surface area contributed by atoms with Gasteiger partial charge < -0.3 is 16.3 Å². The lowest BCUT2D eigenvalue weighted by Crippen LogP contribution is -2.48. The topological polar surface area (TPSA) is 101 Å². The second-order valence-corrected chi connectivity index (χ2v) is 4.54. The van der Waals surface area contributed by atoms with Crippen LogP contribution in [0.15, 0.2) is 29.7 Å². The third-order valence-electron chi connectivity index (χ3n) is 3.30. The van der Waals surface area contributed by atoms with Crippen molar-refractivity contribution < 1.29 is 10.0 Å². The first-order valence-electron chi connectivity index (χ1n) is 6.19. The second kappa shape index (κ2) is 6.72. The zero-order chi connectivity index (χ0) is 14.3. The summed E-state index contributed by atoms with van der Waals surface area (Å²) in [5.41, 5.74) is 5.64. The van der Waals surface area contributed by atoms with Crippen LogP contribution in [0, 0.1) is 5.41 Å². The quantitative estimate of drug-likeness (QED) is 0.307. The van der Waals surface area contributed by atoms with E-state index in [2.05, 4.69) is 15.5 Å². The van der Waals surface area contributed by atoms with Crippen molar-refractivity contribution in [1.82, 2.24) is 10.3 Å². The number of amides is 1. The van der Waals surface area contributed by atoms with Crippen LogP contribution in [0.2, 0.25) is 0 Å². The van der Waals surface area contributed by atoms with Crippen LogP contribution < -0.4 is 11.1 Å². The third kappa shape index (κ3) is 3.67. The summed E-state index contributed by atoms with van der Waals surface area (Å²) in [4.78, 5) is 16.1. The average molecular weight is 264 g/mol. The van der Waals surface area contributed by atoms with Crippen LogP contribution in [0.25, 0.3) is 0 Å². The molecule has 104 valence electrons. The lowest BCUT2D eigenvalue weighted by molar-refractivity contribution is -0.127. The number of amidine groups is 1. The third-order valence-corrected chi connectivity index (χ3v) is 3.30. The Morgan fingerprint density at radius 2 is 2.37 bits per heavy atom. The van der Waals surface area contributed by atoms with Gasteiger partial charge in [-0.15, -0.1) is 0 Å². The summed E-state index contributed by atoms with van der Waals surface area (Å²) < 4.78 is 0. The maximum Gasteiger partial charge on any atom is 0.233 e. The number of hydrogen-bond acceptors (Lipinski definition) is 4. The monoisotopic (exact) mass is 264 g/mol. The summed E-state index contributed by atoms with van der Waals surface area (Å²) in [6, 6.07) is 3.80. The van der Waals surface area contributed by atoms with Gasteiger partial charge in [0.15, 0.2) is 5.84 Å².